The van der Waals surface area contributed by atoms with Gasteiger partial charge in [-0.1, -0.05) is 0 Å². The maximum absolute atomic E-state index is 15.4. The second kappa shape index (κ2) is 8.05. The highest BCUT2D eigenvalue weighted by atomic mass is 19.1. The summed E-state index contributed by atoms with van der Waals surface area (Å²) in [6.07, 6.45) is 10.7. The van der Waals surface area contributed by atoms with Crippen molar-refractivity contribution in [3.63, 3.8) is 0 Å². The molecule has 2 unspecified atom stereocenters. The maximum Gasteiger partial charge on any atom is 0.253 e. The molecule has 2 heterocycles. The van der Waals surface area contributed by atoms with Gasteiger partial charge in [0.15, 0.2) is 0 Å². The van der Waals surface area contributed by atoms with E-state index in [1.807, 2.05) is 6.07 Å². The van der Waals surface area contributed by atoms with Gasteiger partial charge in [-0.3, -0.25) is 9.78 Å². The van der Waals surface area contributed by atoms with Gasteiger partial charge in [0.1, 0.15) is 11.9 Å². The van der Waals surface area contributed by atoms with Crippen LogP contribution < -0.4 is 10.2 Å². The first-order chi connectivity index (χ1) is 17.1. The lowest BCUT2D eigenvalue weighted by Crippen LogP contribution is -2.40. The molecule has 2 aromatic rings. The fourth-order valence-corrected chi connectivity index (χ4v) is 7.50. The Morgan fingerprint density at radius 3 is 2.71 bits per heavy atom. The number of aryl methyl sites for hydroxylation is 1. The third kappa shape index (κ3) is 3.63. The number of aromatic nitrogens is 1. The quantitative estimate of drug-likeness (QED) is 0.708. The number of rotatable bonds is 3. The molecular formula is C29H31FN4O. The number of carbonyl (C=O) groups excluding carboxylic acids is 1. The molecule has 5 nitrogen and oxygen atoms in total. The molecule has 1 N–H and O–H groups in total. The summed E-state index contributed by atoms with van der Waals surface area (Å²) in [6, 6.07) is 5.89. The van der Waals surface area contributed by atoms with E-state index in [9.17, 15) is 10.1 Å². The number of benzene rings is 1. The third-order valence-electron chi connectivity index (χ3n) is 9.40. The Hall–Kier alpha value is -2.94. The Morgan fingerprint density at radius 2 is 1.91 bits per heavy atom. The van der Waals surface area contributed by atoms with Gasteiger partial charge in [0.25, 0.3) is 5.91 Å². The summed E-state index contributed by atoms with van der Waals surface area (Å²) in [5, 5.41) is 13.2. The topological polar surface area (TPSA) is 69.0 Å². The first-order valence-electron chi connectivity index (χ1n) is 13.4. The highest BCUT2D eigenvalue weighted by molar-refractivity contribution is 5.94. The molecule has 7 rings (SSSR count). The van der Waals surface area contributed by atoms with Gasteiger partial charge in [0.05, 0.1) is 16.8 Å². The number of pyridine rings is 1. The van der Waals surface area contributed by atoms with Crippen molar-refractivity contribution in [2.75, 3.05) is 18.0 Å². The number of halogens is 1. The predicted octanol–water partition coefficient (Wildman–Crippen LogP) is 4.67. The number of carbonyl (C=O) groups is 1. The van der Waals surface area contributed by atoms with E-state index in [2.05, 4.69) is 21.3 Å². The number of hydrogen-bond donors (Lipinski definition) is 1. The van der Waals surface area contributed by atoms with Crippen molar-refractivity contribution < 1.29 is 9.18 Å². The summed E-state index contributed by atoms with van der Waals surface area (Å²) in [7, 11) is 0. The van der Waals surface area contributed by atoms with Crippen LogP contribution in [0.3, 0.4) is 0 Å². The number of amides is 1. The number of hydrogen-bond acceptors (Lipinski definition) is 4. The zero-order valence-corrected chi connectivity index (χ0v) is 20.0. The molecule has 1 aromatic heterocycles. The number of piperidine rings is 1. The molecule has 35 heavy (non-hydrogen) atoms. The summed E-state index contributed by atoms with van der Waals surface area (Å²) in [6.45, 7) is 1.86. The minimum Gasteiger partial charge on any atom is -0.370 e. The van der Waals surface area contributed by atoms with Crippen LogP contribution in [0.25, 0.3) is 0 Å². The summed E-state index contributed by atoms with van der Waals surface area (Å²) in [5.74, 6) is 2.34. The summed E-state index contributed by atoms with van der Waals surface area (Å²) in [4.78, 5) is 19.9. The Balaban J connectivity index is 1.11. The highest BCUT2D eigenvalue weighted by Gasteiger charge is 2.43. The lowest BCUT2D eigenvalue weighted by molar-refractivity contribution is 0.0932. The van der Waals surface area contributed by atoms with Crippen LogP contribution in [0.2, 0.25) is 0 Å². The SMILES string of the molecule is N#Cc1c(N2CC3CCC(C3)C2)cc(F)c2c1CC[C@@H](NC(=O)c1cnc3c(c1)[C@H]1C[C@H]1CC3)C2. The number of nitrogens with zero attached hydrogens (tertiary/aromatic N) is 3. The molecule has 0 spiro atoms. The molecule has 6 heteroatoms. The molecule has 0 radical (unpaired) electrons. The van der Waals surface area contributed by atoms with E-state index in [0.29, 0.717) is 53.7 Å². The largest absolute Gasteiger partial charge is 0.370 e. The zero-order chi connectivity index (χ0) is 23.7. The van der Waals surface area contributed by atoms with Crippen LogP contribution >= 0.6 is 0 Å². The van der Waals surface area contributed by atoms with E-state index in [1.165, 1.54) is 37.7 Å². The fraction of sp³-hybridized carbons (Fsp3) is 0.552. The molecule has 1 amide bonds. The molecule has 180 valence electrons. The lowest BCUT2D eigenvalue weighted by Gasteiger charge is -2.36. The first-order valence-corrected chi connectivity index (χ1v) is 13.4. The highest BCUT2D eigenvalue weighted by Crippen LogP contribution is 2.54. The molecule has 2 bridgehead atoms. The minimum atomic E-state index is -0.235. The average molecular weight is 471 g/mol. The van der Waals surface area contributed by atoms with Crippen molar-refractivity contribution in [1.82, 2.24) is 10.3 Å². The molecule has 3 fully saturated rings. The smallest absolute Gasteiger partial charge is 0.253 e. The van der Waals surface area contributed by atoms with E-state index in [4.69, 9.17) is 0 Å². The van der Waals surface area contributed by atoms with Crippen LogP contribution in [0.5, 0.6) is 0 Å². The Morgan fingerprint density at radius 1 is 1.09 bits per heavy atom. The third-order valence-corrected chi connectivity index (χ3v) is 9.40. The van der Waals surface area contributed by atoms with E-state index >= 15 is 4.39 Å². The molecule has 5 atom stereocenters. The normalized spacial score (nSPS) is 30.1. The Kier molecular flexibility index (Phi) is 4.91. The minimum absolute atomic E-state index is 0.127. The zero-order valence-electron chi connectivity index (χ0n) is 20.0. The second-order valence-electron chi connectivity index (χ2n) is 11.6. The fourth-order valence-electron chi connectivity index (χ4n) is 7.50. The Bertz CT molecular complexity index is 1250. The van der Waals surface area contributed by atoms with Gasteiger partial charge in [0, 0.05) is 31.0 Å². The van der Waals surface area contributed by atoms with Gasteiger partial charge in [-0.25, -0.2) is 4.39 Å². The van der Waals surface area contributed by atoms with Crippen LogP contribution in [0, 0.1) is 34.9 Å². The average Bonchev–Trinajstić information content (AvgIpc) is 3.61. The van der Waals surface area contributed by atoms with Gasteiger partial charge < -0.3 is 10.2 Å². The number of nitrogens with one attached hydrogen (secondary N) is 1. The first kappa shape index (κ1) is 21.4. The van der Waals surface area contributed by atoms with Crippen molar-refractivity contribution in [3.05, 3.63) is 57.7 Å². The summed E-state index contributed by atoms with van der Waals surface area (Å²) in [5.41, 5.74) is 5.89. The predicted molar refractivity (Wildman–Crippen MR) is 131 cm³/mol. The van der Waals surface area contributed by atoms with Crippen LogP contribution in [-0.4, -0.2) is 30.0 Å². The van der Waals surface area contributed by atoms with Crippen LogP contribution in [0.15, 0.2) is 18.3 Å². The van der Waals surface area contributed by atoms with Crippen molar-refractivity contribution >= 4 is 11.6 Å². The van der Waals surface area contributed by atoms with Crippen molar-refractivity contribution in [2.24, 2.45) is 17.8 Å². The molecular weight excluding hydrogens is 439 g/mol. The van der Waals surface area contributed by atoms with Gasteiger partial charge in [-0.15, -0.1) is 0 Å². The number of nitriles is 1. The molecule has 4 aliphatic carbocycles. The molecule has 1 aliphatic heterocycles. The van der Waals surface area contributed by atoms with E-state index < -0.39 is 0 Å². The van der Waals surface area contributed by atoms with Gasteiger partial charge in [-0.2, -0.15) is 5.26 Å². The van der Waals surface area contributed by atoms with Crippen LogP contribution in [0.1, 0.15) is 82.7 Å². The van der Waals surface area contributed by atoms with Crippen molar-refractivity contribution in [3.8, 4) is 6.07 Å². The lowest BCUT2D eigenvalue weighted by atomic mass is 9.83. The molecule has 1 saturated heterocycles. The number of fused-ring (bicyclic) bond motifs is 6. The summed E-state index contributed by atoms with van der Waals surface area (Å²) >= 11 is 0. The van der Waals surface area contributed by atoms with Gasteiger partial charge in [-0.05, 0) is 110 Å². The van der Waals surface area contributed by atoms with Crippen molar-refractivity contribution in [2.45, 2.75) is 69.7 Å². The van der Waals surface area contributed by atoms with E-state index in [0.717, 1.165) is 42.4 Å². The summed E-state index contributed by atoms with van der Waals surface area (Å²) < 4.78 is 15.4. The molecule has 5 aliphatic rings. The second-order valence-corrected chi connectivity index (χ2v) is 11.6. The van der Waals surface area contributed by atoms with Crippen LogP contribution in [-0.2, 0) is 19.3 Å². The number of anilines is 1. The molecule has 1 aromatic carbocycles. The van der Waals surface area contributed by atoms with Gasteiger partial charge >= 0.3 is 0 Å². The van der Waals surface area contributed by atoms with E-state index in [1.54, 1.807) is 12.3 Å². The maximum atomic E-state index is 15.4. The van der Waals surface area contributed by atoms with Crippen molar-refractivity contribution in [1.29, 1.82) is 5.26 Å². The van der Waals surface area contributed by atoms with Crippen LogP contribution in [0.4, 0.5) is 10.1 Å². The Labute approximate surface area is 205 Å². The van der Waals surface area contributed by atoms with E-state index in [-0.39, 0.29) is 17.8 Å². The van der Waals surface area contributed by atoms with Gasteiger partial charge in [0.2, 0.25) is 0 Å². The monoisotopic (exact) mass is 470 g/mol. The standard InChI is InChI=1S/C29H31FN4O/c30-26-11-28(34-14-16-1-2-17(7-16)15-34)25(12-31)21-5-4-20(10-23(21)26)33-29(35)19-9-24-22-8-18(22)3-6-27(24)32-13-19/h9,11,13,16-18,20,22H,1-8,10,14-15H2,(H,33,35)/t16?,17?,18-,20-,22+/m1/s1. The molecule has 2 saturated carbocycles.